The first kappa shape index (κ1) is 32.2. The molecule has 0 amide bonds. The summed E-state index contributed by atoms with van der Waals surface area (Å²) in [5, 5.41) is 4.35. The predicted molar refractivity (Wildman–Crippen MR) is 166 cm³/mol. The first-order valence-electron chi connectivity index (χ1n) is 15.2. The second-order valence-electron chi connectivity index (χ2n) is 13.2. The predicted octanol–water partition coefficient (Wildman–Crippen LogP) is 7.96. The van der Waals surface area contributed by atoms with Crippen molar-refractivity contribution in [3.8, 4) is 5.75 Å². The molecule has 1 aromatic heterocycles. The average molecular weight is 632 g/mol. The molecule has 2 aromatic carbocycles. The fourth-order valence-electron chi connectivity index (χ4n) is 6.32. The van der Waals surface area contributed by atoms with Gasteiger partial charge in [-0.05, 0) is 88.1 Å². The molecule has 2 heterocycles. The molecule has 1 aliphatic carbocycles. The largest absolute Gasteiger partial charge is 0.493 e. The Balaban J connectivity index is 1.31. The van der Waals surface area contributed by atoms with E-state index in [1.54, 1.807) is 10.6 Å². The second-order valence-corrected chi connectivity index (χ2v) is 13.7. The number of hydrogen-bond acceptors (Lipinski definition) is 5. The number of nitrogens with zero attached hydrogens (tertiary/aromatic N) is 2. The number of esters is 1. The molecule has 238 valence electrons. The van der Waals surface area contributed by atoms with Gasteiger partial charge in [0.05, 0.1) is 17.9 Å². The van der Waals surface area contributed by atoms with Gasteiger partial charge in [0.1, 0.15) is 17.0 Å². The smallest absolute Gasteiger partial charge is 0.416 e. The fraction of sp³-hybridized carbons (Fsp3) is 0.500. The van der Waals surface area contributed by atoms with Gasteiger partial charge in [-0.2, -0.15) is 13.2 Å². The van der Waals surface area contributed by atoms with Crippen LogP contribution in [0.2, 0.25) is 5.02 Å². The third-order valence-corrected chi connectivity index (χ3v) is 8.97. The van der Waals surface area contributed by atoms with Gasteiger partial charge in [0, 0.05) is 55.3 Å². The maximum atomic E-state index is 13.1. The van der Waals surface area contributed by atoms with E-state index in [-0.39, 0.29) is 17.4 Å². The summed E-state index contributed by atoms with van der Waals surface area (Å²) in [5.41, 5.74) is 1.35. The summed E-state index contributed by atoms with van der Waals surface area (Å²) < 4.78 is 52.7. The summed E-state index contributed by atoms with van der Waals surface area (Å²) in [6.07, 6.45) is 1.76. The van der Waals surface area contributed by atoms with Crippen LogP contribution < -0.4 is 10.1 Å². The van der Waals surface area contributed by atoms with Gasteiger partial charge in [-0.15, -0.1) is 0 Å². The van der Waals surface area contributed by atoms with Gasteiger partial charge in [0.25, 0.3) is 0 Å². The number of carbonyl (C=O) groups is 1. The number of piperidine rings is 1. The average Bonchev–Trinajstić information content (AvgIpc) is 3.30. The summed E-state index contributed by atoms with van der Waals surface area (Å²) in [6, 6.07) is 14.9. The van der Waals surface area contributed by atoms with Crippen molar-refractivity contribution in [2.24, 2.45) is 13.0 Å². The van der Waals surface area contributed by atoms with Crippen molar-refractivity contribution in [1.29, 1.82) is 0 Å². The van der Waals surface area contributed by atoms with E-state index in [0.29, 0.717) is 18.1 Å². The van der Waals surface area contributed by atoms with Crippen molar-refractivity contribution in [3.05, 3.63) is 82.6 Å². The molecule has 1 saturated heterocycles. The molecule has 0 spiro atoms. The fourth-order valence-corrected chi connectivity index (χ4v) is 6.44. The highest BCUT2D eigenvalue weighted by atomic mass is 35.5. The summed E-state index contributed by atoms with van der Waals surface area (Å²) in [7, 11) is 1.81. The molecule has 1 N–H and O–H groups in total. The van der Waals surface area contributed by atoms with Gasteiger partial charge in [-0.25, -0.2) is 4.79 Å². The van der Waals surface area contributed by atoms with Crippen molar-refractivity contribution in [2.75, 3.05) is 31.6 Å². The summed E-state index contributed by atoms with van der Waals surface area (Å²) in [6.45, 7) is 8.41. The number of likely N-dealkylation sites (tertiary alicyclic amines) is 1. The highest BCUT2D eigenvalue weighted by Crippen LogP contribution is 2.45. The van der Waals surface area contributed by atoms with Gasteiger partial charge in [0.2, 0.25) is 0 Å². The standard InChI is InChI=1S/C34H41ClF3N3O3/c1-32(2,3)44-31(42)30-18-27(20-40(30)4)39-29-14-17-41(22-33(15-5-16-33)24-6-10-26(35)11-7-24)19-23(29)21-43-28-12-8-25(9-13-28)34(36,37)38/h6-13,18,20,23,29,39H,5,14-17,19,21-22H2,1-4H3. The number of hydrogen-bond donors (Lipinski definition) is 1. The molecular formula is C34H41ClF3N3O3. The SMILES string of the molecule is Cn1cc(NC2CCN(CC3(c4ccc(Cl)cc4)CCC3)CC2COc2ccc(C(F)(F)F)cc2)cc1C(=O)OC(C)(C)C. The van der Waals surface area contributed by atoms with Crippen LogP contribution in [0.1, 0.15) is 68.1 Å². The number of benzene rings is 2. The number of carbonyl (C=O) groups excluding carboxylic acids is 1. The number of anilines is 1. The Hall–Kier alpha value is -3.17. The van der Waals surface area contributed by atoms with Crippen molar-refractivity contribution >= 4 is 23.3 Å². The minimum Gasteiger partial charge on any atom is -0.493 e. The molecular weight excluding hydrogens is 591 g/mol. The maximum Gasteiger partial charge on any atom is 0.416 e. The highest BCUT2D eigenvalue weighted by molar-refractivity contribution is 6.30. The molecule has 2 atom stereocenters. The van der Waals surface area contributed by atoms with Gasteiger partial charge in [-0.3, -0.25) is 0 Å². The number of aryl methyl sites for hydroxylation is 1. The molecule has 6 nitrogen and oxygen atoms in total. The Morgan fingerprint density at radius 3 is 2.34 bits per heavy atom. The minimum absolute atomic E-state index is 0.0301. The van der Waals surface area contributed by atoms with Gasteiger partial charge >= 0.3 is 12.1 Å². The zero-order valence-electron chi connectivity index (χ0n) is 25.7. The van der Waals surface area contributed by atoms with E-state index >= 15 is 0 Å². The van der Waals surface area contributed by atoms with Crippen LogP contribution in [0.4, 0.5) is 18.9 Å². The Kier molecular flexibility index (Phi) is 9.29. The third kappa shape index (κ3) is 7.72. The van der Waals surface area contributed by atoms with E-state index in [1.165, 1.54) is 24.1 Å². The normalized spacial score (nSPS) is 20.5. The monoisotopic (exact) mass is 631 g/mol. The number of alkyl halides is 3. The molecule has 1 saturated carbocycles. The van der Waals surface area contributed by atoms with Crippen LogP contribution in [0.5, 0.6) is 5.75 Å². The molecule has 44 heavy (non-hydrogen) atoms. The molecule has 0 radical (unpaired) electrons. The van der Waals surface area contributed by atoms with E-state index in [0.717, 1.165) is 61.7 Å². The van der Waals surface area contributed by atoms with Crippen molar-refractivity contribution < 1.29 is 27.4 Å². The van der Waals surface area contributed by atoms with E-state index in [1.807, 2.05) is 46.1 Å². The molecule has 0 bridgehead atoms. The molecule has 5 rings (SSSR count). The summed E-state index contributed by atoms with van der Waals surface area (Å²) >= 11 is 6.18. The minimum atomic E-state index is -4.40. The first-order chi connectivity index (χ1) is 20.7. The van der Waals surface area contributed by atoms with Crippen molar-refractivity contribution in [1.82, 2.24) is 9.47 Å². The topological polar surface area (TPSA) is 55.7 Å². The number of rotatable bonds is 9. The molecule has 2 aliphatic rings. The molecule has 3 aromatic rings. The Morgan fingerprint density at radius 1 is 1.07 bits per heavy atom. The Bertz CT molecular complexity index is 1430. The van der Waals surface area contributed by atoms with Crippen LogP contribution >= 0.6 is 11.6 Å². The van der Waals surface area contributed by atoms with Crippen LogP contribution in [0.3, 0.4) is 0 Å². The molecule has 2 fully saturated rings. The van der Waals surface area contributed by atoms with Crippen molar-refractivity contribution in [3.63, 3.8) is 0 Å². The summed E-state index contributed by atoms with van der Waals surface area (Å²) in [4.78, 5) is 15.3. The second kappa shape index (κ2) is 12.7. The highest BCUT2D eigenvalue weighted by Gasteiger charge is 2.42. The third-order valence-electron chi connectivity index (χ3n) is 8.72. The van der Waals surface area contributed by atoms with Gasteiger partial charge < -0.3 is 24.3 Å². The van der Waals surface area contributed by atoms with E-state index in [9.17, 15) is 18.0 Å². The zero-order chi connectivity index (χ0) is 31.7. The van der Waals surface area contributed by atoms with Crippen LogP contribution in [0.15, 0.2) is 60.8 Å². The van der Waals surface area contributed by atoms with Gasteiger partial charge in [-0.1, -0.05) is 30.2 Å². The van der Waals surface area contributed by atoms with E-state index in [4.69, 9.17) is 21.1 Å². The zero-order valence-corrected chi connectivity index (χ0v) is 26.5. The van der Waals surface area contributed by atoms with Crippen LogP contribution in [0.25, 0.3) is 0 Å². The van der Waals surface area contributed by atoms with Crippen LogP contribution in [-0.4, -0.2) is 53.3 Å². The summed E-state index contributed by atoms with van der Waals surface area (Å²) in [5.74, 6) is 0.0500. The van der Waals surface area contributed by atoms with Crippen molar-refractivity contribution in [2.45, 2.75) is 69.7 Å². The number of halogens is 4. The molecule has 2 unspecified atom stereocenters. The maximum absolute atomic E-state index is 13.1. The Morgan fingerprint density at radius 2 is 1.75 bits per heavy atom. The lowest BCUT2D eigenvalue weighted by atomic mass is 9.64. The van der Waals surface area contributed by atoms with Crippen LogP contribution in [0, 0.1) is 5.92 Å². The van der Waals surface area contributed by atoms with Gasteiger partial charge in [0.15, 0.2) is 0 Å². The molecule has 1 aliphatic heterocycles. The number of aromatic nitrogens is 1. The number of ether oxygens (including phenoxy) is 2. The lowest BCUT2D eigenvalue weighted by molar-refractivity contribution is -0.137. The van der Waals surface area contributed by atoms with E-state index < -0.39 is 23.3 Å². The Labute approximate surface area is 262 Å². The lowest BCUT2D eigenvalue weighted by Gasteiger charge is -2.48. The molecule has 10 heteroatoms. The quantitative estimate of drug-likeness (QED) is 0.243. The number of nitrogens with one attached hydrogen (secondary N) is 1. The lowest BCUT2D eigenvalue weighted by Crippen LogP contribution is -2.53. The van der Waals surface area contributed by atoms with E-state index in [2.05, 4.69) is 22.3 Å². The first-order valence-corrected chi connectivity index (χ1v) is 15.5. The van der Waals surface area contributed by atoms with Crippen LogP contribution in [-0.2, 0) is 23.4 Å².